The minimum absolute atomic E-state index is 0.0264. The largest absolute Gasteiger partial charge is 0.478 e. The zero-order chi connectivity index (χ0) is 30.7. The van der Waals surface area contributed by atoms with Crippen LogP contribution in [-0.2, 0) is 9.53 Å². The van der Waals surface area contributed by atoms with Gasteiger partial charge in [-0.2, -0.15) is 0 Å². The van der Waals surface area contributed by atoms with Crippen molar-refractivity contribution in [2.75, 3.05) is 37.7 Å². The molecule has 4 heterocycles. The molecule has 0 spiro atoms. The lowest BCUT2D eigenvalue weighted by molar-refractivity contribution is -0.133. The van der Waals surface area contributed by atoms with Crippen LogP contribution >= 0.6 is 11.3 Å². The second-order valence-electron chi connectivity index (χ2n) is 11.0. The van der Waals surface area contributed by atoms with Gasteiger partial charge in [0.1, 0.15) is 6.54 Å². The van der Waals surface area contributed by atoms with Crippen molar-refractivity contribution in [1.82, 2.24) is 14.9 Å². The number of rotatable bonds is 9. The molecule has 0 saturated carbocycles. The number of hydrogen-bond donors (Lipinski definition) is 1. The number of fused-ring (bicyclic) bond motifs is 1. The van der Waals surface area contributed by atoms with Gasteiger partial charge in [-0.1, -0.05) is 44.2 Å². The van der Waals surface area contributed by atoms with E-state index >= 15 is 0 Å². The molecule has 1 saturated heterocycles. The van der Waals surface area contributed by atoms with Crippen LogP contribution in [0, 0.1) is 20.8 Å². The van der Waals surface area contributed by atoms with Crippen molar-refractivity contribution >= 4 is 46.2 Å². The monoisotopic (exact) mass is 598 g/mol. The number of morpholine rings is 1. The average molecular weight is 599 g/mol. The molecule has 5 rings (SSSR count). The Kier molecular flexibility index (Phi) is 9.22. The highest BCUT2D eigenvalue weighted by Gasteiger charge is 2.31. The fraction of sp³-hybridized carbons (Fsp3) is 0.353. The highest BCUT2D eigenvalue weighted by Crippen LogP contribution is 2.43. The summed E-state index contributed by atoms with van der Waals surface area (Å²) in [5.74, 6) is -0.951. The Morgan fingerprint density at radius 3 is 2.60 bits per heavy atom. The Hall–Kier alpha value is -4.08. The van der Waals surface area contributed by atoms with E-state index in [4.69, 9.17) is 9.72 Å². The third-order valence-corrected chi connectivity index (χ3v) is 9.10. The number of carbonyl (C=O) groups excluding carboxylic acids is 1. The van der Waals surface area contributed by atoms with E-state index in [1.165, 1.54) is 0 Å². The minimum atomic E-state index is -0.999. The number of aromatic carboxylic acids is 1. The van der Waals surface area contributed by atoms with Crippen LogP contribution in [0.1, 0.15) is 74.0 Å². The van der Waals surface area contributed by atoms with Crippen molar-refractivity contribution in [3.63, 3.8) is 0 Å². The summed E-state index contributed by atoms with van der Waals surface area (Å²) in [6, 6.07) is 7.34. The molecule has 0 bridgehead atoms. The fourth-order valence-electron chi connectivity index (χ4n) is 5.70. The van der Waals surface area contributed by atoms with Crippen molar-refractivity contribution in [3.8, 4) is 0 Å². The van der Waals surface area contributed by atoms with Crippen LogP contribution in [0.3, 0.4) is 0 Å². The van der Waals surface area contributed by atoms with E-state index in [1.807, 2.05) is 55.0 Å². The van der Waals surface area contributed by atoms with Gasteiger partial charge in [-0.15, -0.1) is 11.3 Å². The summed E-state index contributed by atoms with van der Waals surface area (Å²) in [6.07, 6.45) is 9.92. The number of ether oxygens (including phenoxy) is 1. The first-order valence-corrected chi connectivity index (χ1v) is 15.5. The molecule has 1 amide bonds. The molecule has 9 heteroatoms. The number of carboxylic acids is 1. The van der Waals surface area contributed by atoms with E-state index < -0.39 is 5.97 Å². The summed E-state index contributed by atoms with van der Waals surface area (Å²) in [4.78, 5) is 39.7. The standard InChI is InChI=1S/C34H38N4O4S/c1-6-7-26-17-30(28-16-25(22(3)35-19-28)9-8-21(2)33-23(4)36-24(5)43-33)38(20-32(39)37-12-14-42-15-13-37)31-18-27(34(40)41)10-11-29(26)31/h8-11,16-19,26H,2,6-7,12-15,20H2,1,3-5H3,(H,40,41)/b9-8-. The second kappa shape index (κ2) is 13.1. The molecular formula is C34H38N4O4S. The second-order valence-corrected chi connectivity index (χ2v) is 12.2. The summed E-state index contributed by atoms with van der Waals surface area (Å²) in [5, 5.41) is 10.8. The van der Waals surface area contributed by atoms with Crippen molar-refractivity contribution in [2.24, 2.45) is 0 Å². The number of thiazole rings is 1. The van der Waals surface area contributed by atoms with E-state index in [9.17, 15) is 14.7 Å². The molecule has 1 aromatic carbocycles. The van der Waals surface area contributed by atoms with Crippen LogP contribution < -0.4 is 4.90 Å². The van der Waals surface area contributed by atoms with E-state index in [0.717, 1.165) is 67.8 Å². The minimum Gasteiger partial charge on any atom is -0.478 e. The van der Waals surface area contributed by atoms with Crippen molar-refractivity contribution in [3.05, 3.63) is 92.7 Å². The average Bonchev–Trinajstić information content (AvgIpc) is 3.35. The zero-order valence-electron chi connectivity index (χ0n) is 25.2. The van der Waals surface area contributed by atoms with Gasteiger partial charge in [0, 0.05) is 47.8 Å². The number of carbonyl (C=O) groups is 2. The third-order valence-electron chi connectivity index (χ3n) is 7.96. The van der Waals surface area contributed by atoms with Crippen molar-refractivity contribution < 1.29 is 19.4 Å². The predicted molar refractivity (Wildman–Crippen MR) is 172 cm³/mol. The quantitative estimate of drug-likeness (QED) is 0.281. The van der Waals surface area contributed by atoms with Gasteiger partial charge in [0.2, 0.25) is 5.91 Å². The van der Waals surface area contributed by atoms with Crippen molar-refractivity contribution in [1.29, 1.82) is 0 Å². The Labute approximate surface area is 257 Å². The Balaban J connectivity index is 1.56. The van der Waals surface area contributed by atoms with Crippen LogP contribution in [0.2, 0.25) is 0 Å². The lowest BCUT2D eigenvalue weighted by atomic mass is 9.86. The maximum absolute atomic E-state index is 13.6. The summed E-state index contributed by atoms with van der Waals surface area (Å²) in [6.45, 7) is 14.5. The number of anilines is 1. The topological polar surface area (TPSA) is 95.9 Å². The van der Waals surface area contributed by atoms with Gasteiger partial charge in [-0.25, -0.2) is 9.78 Å². The first kappa shape index (κ1) is 30.4. The van der Waals surface area contributed by atoms with Crippen LogP contribution in [0.5, 0.6) is 0 Å². The molecule has 1 N–H and O–H groups in total. The molecule has 0 radical (unpaired) electrons. The molecule has 224 valence electrons. The van der Waals surface area contributed by atoms with E-state index in [1.54, 1.807) is 23.5 Å². The van der Waals surface area contributed by atoms with Gasteiger partial charge in [0.05, 0.1) is 34.4 Å². The Bertz CT molecular complexity index is 1620. The number of allylic oxidation sites excluding steroid dienone is 3. The third kappa shape index (κ3) is 6.63. The highest BCUT2D eigenvalue weighted by atomic mass is 32.1. The number of pyridine rings is 1. The first-order chi connectivity index (χ1) is 20.7. The fourth-order valence-corrected chi connectivity index (χ4v) is 6.57. The zero-order valence-corrected chi connectivity index (χ0v) is 26.0. The Morgan fingerprint density at radius 1 is 1.16 bits per heavy atom. The molecule has 1 atom stereocenters. The predicted octanol–water partition coefficient (Wildman–Crippen LogP) is 6.49. The number of aryl methyl sites for hydroxylation is 3. The first-order valence-electron chi connectivity index (χ1n) is 14.7. The molecule has 1 unspecified atom stereocenters. The SMILES string of the molecule is C=C(/C=C\c1cc(C2=CC(CCC)c3ccc(C(=O)O)cc3N2CC(=O)N2CCOCC2)cnc1C)c1sc(C)nc1C. The van der Waals surface area contributed by atoms with Crippen LogP contribution in [0.25, 0.3) is 17.3 Å². The van der Waals surface area contributed by atoms with E-state index in [0.29, 0.717) is 26.3 Å². The number of hydrogen-bond acceptors (Lipinski definition) is 7. The lowest BCUT2D eigenvalue weighted by Gasteiger charge is -2.37. The molecule has 0 aliphatic carbocycles. The Morgan fingerprint density at radius 2 is 1.93 bits per heavy atom. The molecule has 2 aromatic heterocycles. The molecule has 2 aliphatic heterocycles. The normalized spacial score (nSPS) is 16.7. The molecule has 43 heavy (non-hydrogen) atoms. The number of benzene rings is 1. The van der Waals surface area contributed by atoms with E-state index in [2.05, 4.69) is 30.6 Å². The molecule has 3 aromatic rings. The van der Waals surface area contributed by atoms with Crippen molar-refractivity contribution in [2.45, 2.75) is 46.5 Å². The number of carboxylic acid groups (broad SMARTS) is 1. The van der Waals surface area contributed by atoms with E-state index in [-0.39, 0.29) is 23.9 Å². The van der Waals surface area contributed by atoms with Gasteiger partial charge < -0.3 is 19.6 Å². The number of aromatic nitrogens is 2. The van der Waals surface area contributed by atoms with Crippen LogP contribution in [0.4, 0.5) is 5.69 Å². The summed E-state index contributed by atoms with van der Waals surface area (Å²) in [7, 11) is 0. The maximum atomic E-state index is 13.6. The smallest absolute Gasteiger partial charge is 0.335 e. The lowest BCUT2D eigenvalue weighted by Crippen LogP contribution is -2.46. The van der Waals surface area contributed by atoms with Crippen LogP contribution in [0.15, 0.2) is 49.2 Å². The highest BCUT2D eigenvalue weighted by molar-refractivity contribution is 7.12. The van der Waals surface area contributed by atoms with Gasteiger partial charge in [0.25, 0.3) is 0 Å². The van der Waals surface area contributed by atoms with Crippen LogP contribution in [-0.4, -0.2) is 64.7 Å². The molecular weight excluding hydrogens is 560 g/mol. The molecule has 8 nitrogen and oxygen atoms in total. The molecule has 2 aliphatic rings. The molecule has 1 fully saturated rings. The summed E-state index contributed by atoms with van der Waals surface area (Å²) < 4.78 is 5.46. The summed E-state index contributed by atoms with van der Waals surface area (Å²) in [5.41, 5.74) is 7.35. The summed E-state index contributed by atoms with van der Waals surface area (Å²) >= 11 is 1.63. The van der Waals surface area contributed by atoms with Gasteiger partial charge in [-0.05, 0) is 62.1 Å². The maximum Gasteiger partial charge on any atom is 0.335 e. The van der Waals surface area contributed by atoms with Gasteiger partial charge >= 0.3 is 5.97 Å². The number of amides is 1. The van der Waals surface area contributed by atoms with Gasteiger partial charge in [-0.3, -0.25) is 9.78 Å². The van der Waals surface area contributed by atoms with Gasteiger partial charge in [0.15, 0.2) is 0 Å². The number of nitrogens with zero attached hydrogens (tertiary/aromatic N) is 4.